The molecule has 1 unspecified atom stereocenters. The lowest BCUT2D eigenvalue weighted by Gasteiger charge is -2.34. The summed E-state index contributed by atoms with van der Waals surface area (Å²) in [6.07, 6.45) is 2.62. The van der Waals surface area contributed by atoms with Gasteiger partial charge in [0.1, 0.15) is 6.04 Å². The molecule has 0 spiro atoms. The van der Waals surface area contributed by atoms with E-state index in [0.717, 1.165) is 11.1 Å². The number of aliphatic carboxylic acids is 1. The summed E-state index contributed by atoms with van der Waals surface area (Å²) < 4.78 is 0. The van der Waals surface area contributed by atoms with E-state index in [1.165, 1.54) is 0 Å². The number of carbonyl (C=O) groups excluding carboxylic acids is 1. The standard InChI is InChI=1S/C25H26Cl2N6O3/c1-33(16-9-10-29-20(11-16)25(35)36)24(34)15-7-5-14(6-8-15)21-13-30-22(28)23(32-21)31-12-17-18(26)3-2-4-19(17)27/h2-8,13,16,20,29H,9-12H2,1H3,(H2,28,30)(H,31,32)(H,35,36)/t16?,20-/m1/s1. The number of halogens is 2. The van der Waals surface area contributed by atoms with Crippen LogP contribution in [0.3, 0.4) is 0 Å². The largest absolute Gasteiger partial charge is 0.480 e. The van der Waals surface area contributed by atoms with Crippen LogP contribution in [0.4, 0.5) is 11.6 Å². The van der Waals surface area contributed by atoms with Gasteiger partial charge in [0.15, 0.2) is 11.6 Å². The molecule has 36 heavy (non-hydrogen) atoms. The molecule has 0 aliphatic carbocycles. The van der Waals surface area contributed by atoms with Crippen molar-refractivity contribution in [2.45, 2.75) is 31.5 Å². The molecule has 1 fully saturated rings. The number of carboxylic acids is 1. The molecular weight excluding hydrogens is 503 g/mol. The summed E-state index contributed by atoms with van der Waals surface area (Å²) in [5.41, 5.74) is 8.57. The van der Waals surface area contributed by atoms with Gasteiger partial charge < -0.3 is 26.4 Å². The van der Waals surface area contributed by atoms with Crippen LogP contribution in [-0.4, -0.2) is 57.5 Å². The number of aromatic nitrogens is 2. The van der Waals surface area contributed by atoms with Gasteiger partial charge in [0.25, 0.3) is 5.91 Å². The van der Waals surface area contributed by atoms with Crippen LogP contribution in [0.15, 0.2) is 48.7 Å². The first-order valence-electron chi connectivity index (χ1n) is 11.4. The predicted octanol–water partition coefficient (Wildman–Crippen LogP) is 3.92. The number of rotatable bonds is 7. The molecule has 2 heterocycles. The van der Waals surface area contributed by atoms with E-state index in [-0.39, 0.29) is 17.8 Å². The number of hydrogen-bond donors (Lipinski definition) is 4. The molecule has 2 atom stereocenters. The molecule has 1 aromatic heterocycles. The van der Waals surface area contributed by atoms with Gasteiger partial charge in [0, 0.05) is 46.4 Å². The minimum Gasteiger partial charge on any atom is -0.480 e. The van der Waals surface area contributed by atoms with Crippen LogP contribution in [0, 0.1) is 0 Å². The normalized spacial score (nSPS) is 17.4. The Morgan fingerprint density at radius 1 is 1.19 bits per heavy atom. The Balaban J connectivity index is 1.46. The monoisotopic (exact) mass is 528 g/mol. The highest BCUT2D eigenvalue weighted by molar-refractivity contribution is 6.36. The smallest absolute Gasteiger partial charge is 0.320 e. The average molecular weight is 529 g/mol. The fourth-order valence-corrected chi connectivity index (χ4v) is 4.66. The molecule has 1 saturated heterocycles. The fraction of sp³-hybridized carbons (Fsp3) is 0.280. The van der Waals surface area contributed by atoms with E-state index in [0.29, 0.717) is 53.1 Å². The highest BCUT2D eigenvalue weighted by atomic mass is 35.5. The van der Waals surface area contributed by atoms with E-state index in [1.807, 2.05) is 0 Å². The second-order valence-electron chi connectivity index (χ2n) is 8.56. The number of anilines is 2. The maximum atomic E-state index is 13.0. The highest BCUT2D eigenvalue weighted by Gasteiger charge is 2.31. The van der Waals surface area contributed by atoms with Crippen LogP contribution in [-0.2, 0) is 11.3 Å². The zero-order valence-corrected chi connectivity index (χ0v) is 21.1. The molecule has 5 N–H and O–H groups in total. The molecule has 0 saturated carbocycles. The summed E-state index contributed by atoms with van der Waals surface area (Å²) in [7, 11) is 1.71. The Kier molecular flexibility index (Phi) is 7.93. The lowest BCUT2D eigenvalue weighted by atomic mass is 9.97. The van der Waals surface area contributed by atoms with Gasteiger partial charge in [-0.25, -0.2) is 9.97 Å². The molecule has 11 heteroatoms. The van der Waals surface area contributed by atoms with Crippen molar-refractivity contribution in [3.05, 3.63) is 69.8 Å². The van der Waals surface area contributed by atoms with Gasteiger partial charge in [-0.2, -0.15) is 0 Å². The molecule has 188 valence electrons. The molecule has 1 aliphatic rings. The van der Waals surface area contributed by atoms with Crippen LogP contribution in [0.1, 0.15) is 28.8 Å². The van der Waals surface area contributed by atoms with Crippen LogP contribution in [0.5, 0.6) is 0 Å². The topological polar surface area (TPSA) is 133 Å². The lowest BCUT2D eigenvalue weighted by Crippen LogP contribution is -2.51. The third kappa shape index (κ3) is 5.70. The molecular formula is C25H26Cl2N6O3. The first kappa shape index (κ1) is 25.7. The van der Waals surface area contributed by atoms with Crippen molar-refractivity contribution in [1.29, 1.82) is 0 Å². The third-order valence-electron chi connectivity index (χ3n) is 6.26. The number of amides is 1. The second kappa shape index (κ2) is 11.1. The number of hydrogen-bond acceptors (Lipinski definition) is 7. The second-order valence-corrected chi connectivity index (χ2v) is 9.37. The summed E-state index contributed by atoms with van der Waals surface area (Å²) in [6, 6.07) is 11.5. The van der Waals surface area contributed by atoms with Crippen molar-refractivity contribution in [1.82, 2.24) is 20.2 Å². The Hall–Kier alpha value is -3.40. The maximum absolute atomic E-state index is 13.0. The molecule has 9 nitrogen and oxygen atoms in total. The number of benzene rings is 2. The lowest BCUT2D eigenvalue weighted by molar-refractivity contribution is -0.140. The Bertz CT molecular complexity index is 1250. The van der Waals surface area contributed by atoms with Crippen molar-refractivity contribution >= 4 is 46.7 Å². The minimum atomic E-state index is -0.904. The highest BCUT2D eigenvalue weighted by Crippen LogP contribution is 2.27. The van der Waals surface area contributed by atoms with E-state index < -0.39 is 12.0 Å². The molecule has 0 bridgehead atoms. The summed E-state index contributed by atoms with van der Waals surface area (Å²) in [4.78, 5) is 34.8. The Labute approximate surface area is 218 Å². The number of carbonyl (C=O) groups is 2. The molecule has 1 amide bonds. The van der Waals surface area contributed by atoms with Crippen LogP contribution < -0.4 is 16.4 Å². The number of nitrogens with one attached hydrogen (secondary N) is 2. The van der Waals surface area contributed by atoms with Crippen molar-refractivity contribution in [2.24, 2.45) is 0 Å². The molecule has 0 radical (unpaired) electrons. The molecule has 4 rings (SSSR count). The summed E-state index contributed by atoms with van der Waals surface area (Å²) in [6.45, 7) is 0.868. The minimum absolute atomic E-state index is 0.150. The van der Waals surface area contributed by atoms with E-state index in [2.05, 4.69) is 20.6 Å². The number of nitrogens with zero attached hydrogens (tertiary/aromatic N) is 3. The summed E-state index contributed by atoms with van der Waals surface area (Å²) >= 11 is 12.5. The van der Waals surface area contributed by atoms with Crippen molar-refractivity contribution in [2.75, 3.05) is 24.6 Å². The number of piperidine rings is 1. The average Bonchev–Trinajstić information content (AvgIpc) is 2.88. The number of nitrogen functional groups attached to an aromatic ring is 1. The van der Waals surface area contributed by atoms with Gasteiger partial charge in [-0.1, -0.05) is 41.4 Å². The van der Waals surface area contributed by atoms with E-state index in [4.69, 9.17) is 28.9 Å². The van der Waals surface area contributed by atoms with Crippen molar-refractivity contribution < 1.29 is 14.7 Å². The van der Waals surface area contributed by atoms with Crippen molar-refractivity contribution in [3.63, 3.8) is 0 Å². The van der Waals surface area contributed by atoms with Gasteiger partial charge in [-0.3, -0.25) is 9.59 Å². The van der Waals surface area contributed by atoms with E-state index in [9.17, 15) is 14.7 Å². The van der Waals surface area contributed by atoms with Gasteiger partial charge in [-0.15, -0.1) is 0 Å². The SMILES string of the molecule is CN(C(=O)c1ccc(-c2cnc(N)c(NCc3c(Cl)cccc3Cl)n2)cc1)C1CCN[C@@H](C(=O)O)C1. The first-order valence-corrected chi connectivity index (χ1v) is 12.1. The number of nitrogens with two attached hydrogens (primary N) is 1. The summed E-state index contributed by atoms with van der Waals surface area (Å²) in [5.74, 6) is -0.447. The van der Waals surface area contributed by atoms with Crippen molar-refractivity contribution in [3.8, 4) is 11.3 Å². The van der Waals surface area contributed by atoms with Crippen LogP contribution >= 0.6 is 23.2 Å². The molecule has 2 aromatic carbocycles. The van der Waals surface area contributed by atoms with E-state index >= 15 is 0 Å². The zero-order chi connectivity index (χ0) is 25.8. The quantitative estimate of drug-likeness (QED) is 0.362. The van der Waals surface area contributed by atoms with Crippen LogP contribution in [0.2, 0.25) is 10.0 Å². The maximum Gasteiger partial charge on any atom is 0.320 e. The Morgan fingerprint density at radius 3 is 2.56 bits per heavy atom. The van der Waals surface area contributed by atoms with Crippen LogP contribution in [0.25, 0.3) is 11.3 Å². The third-order valence-corrected chi connectivity index (χ3v) is 6.97. The Morgan fingerprint density at radius 2 is 1.89 bits per heavy atom. The summed E-state index contributed by atoms with van der Waals surface area (Å²) in [5, 5.41) is 16.5. The zero-order valence-electron chi connectivity index (χ0n) is 19.5. The first-order chi connectivity index (χ1) is 17.2. The predicted molar refractivity (Wildman–Crippen MR) is 140 cm³/mol. The number of carboxylic acid groups (broad SMARTS) is 1. The van der Waals surface area contributed by atoms with Gasteiger partial charge in [0.05, 0.1) is 11.9 Å². The molecule has 1 aliphatic heterocycles. The fourth-order valence-electron chi connectivity index (χ4n) is 4.13. The van der Waals surface area contributed by atoms with Gasteiger partial charge >= 0.3 is 5.97 Å². The van der Waals surface area contributed by atoms with E-state index in [1.54, 1.807) is 60.6 Å². The van der Waals surface area contributed by atoms with Gasteiger partial charge in [-0.05, 0) is 43.7 Å². The van der Waals surface area contributed by atoms with Gasteiger partial charge in [0.2, 0.25) is 0 Å². The molecule has 3 aromatic rings.